The Bertz CT molecular complexity index is 788. The molecule has 0 heterocycles. The maximum absolute atomic E-state index is 12.1. The molecular weight excluding hydrogens is 354 g/mol. The molecule has 0 fully saturated rings. The fourth-order valence-corrected chi connectivity index (χ4v) is 2.79. The molecule has 0 aliphatic heterocycles. The van der Waals surface area contributed by atoms with Crippen molar-refractivity contribution in [3.63, 3.8) is 0 Å². The van der Waals surface area contributed by atoms with Crippen LogP contribution in [-0.2, 0) is 9.53 Å². The number of amides is 1. The van der Waals surface area contributed by atoms with Crippen LogP contribution in [0.5, 0.6) is 0 Å². The van der Waals surface area contributed by atoms with Gasteiger partial charge in [-0.15, -0.1) is 0 Å². The van der Waals surface area contributed by atoms with Gasteiger partial charge in [0.05, 0.1) is 5.56 Å². The number of nitrogens with zero attached hydrogens (tertiary/aromatic N) is 2. The molecule has 28 heavy (non-hydrogen) atoms. The zero-order valence-electron chi connectivity index (χ0n) is 17.1. The van der Waals surface area contributed by atoms with Gasteiger partial charge >= 0.3 is 5.97 Å². The Balaban J connectivity index is 1.75. The van der Waals surface area contributed by atoms with Crippen LogP contribution in [0.4, 0.5) is 11.4 Å². The standard InChI is InChI=1S/C22H29N3O3/c1-5-25(20-8-6-7-17(2)15-20)14-13-23-21(26)16-28-22(27)18-9-11-19(12-10-18)24(3)4/h6-12,15H,5,13-14,16H2,1-4H3,(H,23,26). The van der Waals surface area contributed by atoms with E-state index in [1.165, 1.54) is 5.56 Å². The van der Waals surface area contributed by atoms with Gasteiger partial charge in [0.1, 0.15) is 0 Å². The van der Waals surface area contributed by atoms with Gasteiger partial charge in [-0.3, -0.25) is 4.79 Å². The van der Waals surface area contributed by atoms with Crippen LogP contribution in [0, 0.1) is 6.92 Å². The maximum atomic E-state index is 12.1. The van der Waals surface area contributed by atoms with E-state index in [0.717, 1.165) is 17.9 Å². The molecule has 1 N–H and O–H groups in total. The van der Waals surface area contributed by atoms with Crippen molar-refractivity contribution in [2.75, 3.05) is 50.1 Å². The van der Waals surface area contributed by atoms with Crippen molar-refractivity contribution in [3.8, 4) is 0 Å². The van der Waals surface area contributed by atoms with Crippen LogP contribution >= 0.6 is 0 Å². The Kier molecular flexibility index (Phi) is 7.87. The van der Waals surface area contributed by atoms with Gasteiger partial charge in [-0.25, -0.2) is 4.79 Å². The topological polar surface area (TPSA) is 61.9 Å². The van der Waals surface area contributed by atoms with Crippen molar-refractivity contribution in [1.82, 2.24) is 5.32 Å². The summed E-state index contributed by atoms with van der Waals surface area (Å²) in [5.41, 5.74) is 3.74. The lowest BCUT2D eigenvalue weighted by molar-refractivity contribution is -0.124. The number of anilines is 2. The van der Waals surface area contributed by atoms with Crippen molar-refractivity contribution >= 4 is 23.3 Å². The molecule has 0 aliphatic rings. The summed E-state index contributed by atoms with van der Waals surface area (Å²) in [4.78, 5) is 28.2. The van der Waals surface area contributed by atoms with E-state index >= 15 is 0 Å². The lowest BCUT2D eigenvalue weighted by Crippen LogP contribution is -2.36. The monoisotopic (exact) mass is 383 g/mol. The van der Waals surface area contributed by atoms with E-state index in [0.29, 0.717) is 18.7 Å². The molecule has 0 unspecified atom stereocenters. The highest BCUT2D eigenvalue weighted by molar-refractivity contribution is 5.91. The second kappa shape index (κ2) is 10.3. The summed E-state index contributed by atoms with van der Waals surface area (Å²) in [6, 6.07) is 15.3. The number of hydrogen-bond donors (Lipinski definition) is 1. The first-order valence-electron chi connectivity index (χ1n) is 9.43. The van der Waals surface area contributed by atoms with E-state index < -0.39 is 5.97 Å². The summed E-state index contributed by atoms with van der Waals surface area (Å²) in [5.74, 6) is -0.811. The summed E-state index contributed by atoms with van der Waals surface area (Å²) >= 11 is 0. The zero-order valence-corrected chi connectivity index (χ0v) is 17.1. The molecule has 2 aromatic rings. The third-order valence-corrected chi connectivity index (χ3v) is 4.41. The number of benzene rings is 2. The van der Waals surface area contributed by atoms with Crippen LogP contribution < -0.4 is 15.1 Å². The molecule has 2 rings (SSSR count). The Labute approximate surface area is 167 Å². The molecule has 150 valence electrons. The van der Waals surface area contributed by atoms with Gasteiger partial charge in [0.2, 0.25) is 0 Å². The summed E-state index contributed by atoms with van der Waals surface area (Å²) in [6.45, 7) is 5.86. The third kappa shape index (κ3) is 6.30. The predicted molar refractivity (Wildman–Crippen MR) is 113 cm³/mol. The second-order valence-corrected chi connectivity index (χ2v) is 6.79. The van der Waals surface area contributed by atoms with Gasteiger partial charge in [0.15, 0.2) is 6.61 Å². The van der Waals surface area contributed by atoms with Gasteiger partial charge in [-0.2, -0.15) is 0 Å². The predicted octanol–water partition coefficient (Wildman–Crippen LogP) is 2.86. The SMILES string of the molecule is CCN(CCNC(=O)COC(=O)c1ccc(N(C)C)cc1)c1cccc(C)c1. The molecule has 6 nitrogen and oxygen atoms in total. The minimum Gasteiger partial charge on any atom is -0.452 e. The first-order chi connectivity index (χ1) is 13.4. The molecular formula is C22H29N3O3. The van der Waals surface area contributed by atoms with Crippen LogP contribution in [0.2, 0.25) is 0 Å². The van der Waals surface area contributed by atoms with E-state index in [1.54, 1.807) is 12.1 Å². The molecule has 0 bridgehead atoms. The van der Waals surface area contributed by atoms with Gasteiger partial charge < -0.3 is 19.9 Å². The molecule has 0 atom stereocenters. The van der Waals surface area contributed by atoms with E-state index in [-0.39, 0.29) is 12.5 Å². The van der Waals surface area contributed by atoms with Gasteiger partial charge in [0, 0.05) is 45.1 Å². The molecule has 0 aromatic heterocycles. The number of esters is 1. The summed E-state index contributed by atoms with van der Waals surface area (Å²) in [6.07, 6.45) is 0. The van der Waals surface area contributed by atoms with Crippen LogP contribution in [0.15, 0.2) is 48.5 Å². The number of aryl methyl sites for hydroxylation is 1. The summed E-state index contributed by atoms with van der Waals surface area (Å²) < 4.78 is 5.10. The van der Waals surface area contributed by atoms with Gasteiger partial charge in [0.25, 0.3) is 5.91 Å². The van der Waals surface area contributed by atoms with E-state index in [1.807, 2.05) is 37.2 Å². The van der Waals surface area contributed by atoms with Crippen molar-refractivity contribution in [2.24, 2.45) is 0 Å². The number of nitrogens with one attached hydrogen (secondary N) is 1. The normalized spacial score (nSPS) is 10.3. The molecule has 0 saturated carbocycles. The number of ether oxygens (including phenoxy) is 1. The summed E-state index contributed by atoms with van der Waals surface area (Å²) in [5, 5.41) is 2.80. The molecule has 0 saturated heterocycles. The fourth-order valence-electron chi connectivity index (χ4n) is 2.79. The first kappa shape index (κ1) is 21.3. The molecule has 0 spiro atoms. The molecule has 1 amide bonds. The lowest BCUT2D eigenvalue weighted by atomic mass is 10.2. The van der Waals surface area contributed by atoms with Gasteiger partial charge in [-0.1, -0.05) is 12.1 Å². The van der Waals surface area contributed by atoms with Crippen LogP contribution in [0.3, 0.4) is 0 Å². The molecule has 6 heteroatoms. The van der Waals surface area contributed by atoms with E-state index in [4.69, 9.17) is 4.74 Å². The average Bonchev–Trinajstić information content (AvgIpc) is 2.69. The van der Waals surface area contributed by atoms with Crippen molar-refractivity contribution in [2.45, 2.75) is 13.8 Å². The highest BCUT2D eigenvalue weighted by atomic mass is 16.5. The lowest BCUT2D eigenvalue weighted by Gasteiger charge is -2.23. The maximum Gasteiger partial charge on any atom is 0.338 e. The number of likely N-dealkylation sites (N-methyl/N-ethyl adjacent to an activating group) is 1. The highest BCUT2D eigenvalue weighted by Crippen LogP contribution is 2.15. The third-order valence-electron chi connectivity index (χ3n) is 4.41. The van der Waals surface area contributed by atoms with Crippen LogP contribution in [-0.4, -0.2) is 52.2 Å². The number of hydrogen-bond acceptors (Lipinski definition) is 5. The molecule has 0 aliphatic carbocycles. The van der Waals surface area contributed by atoms with Gasteiger partial charge in [-0.05, 0) is 55.8 Å². The number of carbonyl (C=O) groups is 2. The van der Waals surface area contributed by atoms with Crippen molar-refractivity contribution in [1.29, 1.82) is 0 Å². The smallest absolute Gasteiger partial charge is 0.338 e. The minimum absolute atomic E-state index is 0.287. The van der Waals surface area contributed by atoms with E-state index in [2.05, 4.69) is 42.3 Å². The summed E-state index contributed by atoms with van der Waals surface area (Å²) in [7, 11) is 3.85. The average molecular weight is 383 g/mol. The van der Waals surface area contributed by atoms with Crippen LogP contribution in [0.25, 0.3) is 0 Å². The number of carbonyl (C=O) groups excluding carboxylic acids is 2. The minimum atomic E-state index is -0.504. The van der Waals surface area contributed by atoms with Crippen molar-refractivity contribution < 1.29 is 14.3 Å². The Morgan fingerprint density at radius 3 is 2.36 bits per heavy atom. The van der Waals surface area contributed by atoms with E-state index in [9.17, 15) is 9.59 Å². The Morgan fingerprint density at radius 2 is 1.75 bits per heavy atom. The Morgan fingerprint density at radius 1 is 1.04 bits per heavy atom. The quantitative estimate of drug-likeness (QED) is 0.675. The Hall–Kier alpha value is -3.02. The zero-order chi connectivity index (χ0) is 20.5. The van der Waals surface area contributed by atoms with Crippen molar-refractivity contribution in [3.05, 3.63) is 59.7 Å². The largest absolute Gasteiger partial charge is 0.452 e. The second-order valence-electron chi connectivity index (χ2n) is 6.79. The molecule has 0 radical (unpaired) electrons. The first-order valence-corrected chi connectivity index (χ1v) is 9.43. The highest BCUT2D eigenvalue weighted by Gasteiger charge is 2.11. The molecule has 2 aromatic carbocycles. The van der Waals surface area contributed by atoms with Crippen LogP contribution in [0.1, 0.15) is 22.8 Å². The number of rotatable bonds is 9. The fraction of sp³-hybridized carbons (Fsp3) is 0.364.